The first-order chi connectivity index (χ1) is 14.2. The first-order valence-electron chi connectivity index (χ1n) is 9.09. The lowest BCUT2D eigenvalue weighted by molar-refractivity contribution is -0.137. The van der Waals surface area contributed by atoms with E-state index >= 15 is 0 Å². The van der Waals surface area contributed by atoms with Gasteiger partial charge in [-0.1, -0.05) is 12.1 Å². The summed E-state index contributed by atoms with van der Waals surface area (Å²) in [6.45, 7) is 1.89. The lowest BCUT2D eigenvalue weighted by Gasteiger charge is -2.17. The Morgan fingerprint density at radius 3 is 2.43 bits per heavy atom. The fourth-order valence-electron chi connectivity index (χ4n) is 3.21. The number of aryl methyl sites for hydroxylation is 1. The van der Waals surface area contributed by atoms with Gasteiger partial charge in [-0.2, -0.15) is 18.3 Å². The molecule has 0 fully saturated rings. The molecule has 3 aromatic heterocycles. The zero-order chi connectivity index (χ0) is 21.5. The maximum Gasteiger partial charge on any atom is 0.416 e. The van der Waals surface area contributed by atoms with Gasteiger partial charge >= 0.3 is 6.18 Å². The first-order valence-corrected chi connectivity index (χ1v) is 9.09. The molecule has 5 nitrogen and oxygen atoms in total. The average molecular weight is 410 g/mol. The average Bonchev–Trinajstić information content (AvgIpc) is 3.15. The van der Waals surface area contributed by atoms with Crippen LogP contribution in [-0.2, 0) is 6.18 Å². The summed E-state index contributed by atoms with van der Waals surface area (Å²) in [7, 11) is 1.66. The van der Waals surface area contributed by atoms with Crippen LogP contribution in [0.3, 0.4) is 0 Å². The molecule has 0 saturated carbocycles. The van der Waals surface area contributed by atoms with Crippen molar-refractivity contribution in [1.29, 1.82) is 0 Å². The molecular weight excluding hydrogens is 393 g/mol. The monoisotopic (exact) mass is 410 g/mol. The molecular formula is C22H17F3N4O. The van der Waals surface area contributed by atoms with E-state index in [0.717, 1.165) is 17.7 Å². The fraction of sp³-hybridized carbons (Fsp3) is 0.136. The summed E-state index contributed by atoms with van der Waals surface area (Å²) in [4.78, 5) is 18.6. The van der Waals surface area contributed by atoms with Gasteiger partial charge in [0.25, 0.3) is 5.91 Å². The Morgan fingerprint density at radius 2 is 1.77 bits per heavy atom. The molecule has 0 aliphatic heterocycles. The molecule has 0 saturated heterocycles. The van der Waals surface area contributed by atoms with Crippen LogP contribution in [0.25, 0.3) is 16.6 Å². The van der Waals surface area contributed by atoms with Crippen LogP contribution >= 0.6 is 0 Å². The number of alkyl halides is 3. The highest BCUT2D eigenvalue weighted by Gasteiger charge is 2.30. The van der Waals surface area contributed by atoms with Gasteiger partial charge in [0.15, 0.2) is 0 Å². The predicted octanol–water partition coefficient (Wildman–Crippen LogP) is 5.00. The van der Waals surface area contributed by atoms with Gasteiger partial charge in [-0.25, -0.2) is 4.52 Å². The molecule has 0 bridgehead atoms. The summed E-state index contributed by atoms with van der Waals surface area (Å²) in [6, 6.07) is 10.1. The molecule has 4 aromatic rings. The van der Waals surface area contributed by atoms with E-state index in [1.54, 1.807) is 48.5 Å². The van der Waals surface area contributed by atoms with Crippen LogP contribution in [0, 0.1) is 6.92 Å². The van der Waals surface area contributed by atoms with E-state index in [4.69, 9.17) is 0 Å². The number of carbonyl (C=O) groups is 1. The zero-order valence-electron chi connectivity index (χ0n) is 16.2. The smallest absolute Gasteiger partial charge is 0.310 e. The Hall–Kier alpha value is -3.68. The topological polar surface area (TPSA) is 50.5 Å². The van der Waals surface area contributed by atoms with Gasteiger partial charge in [-0.15, -0.1) is 0 Å². The van der Waals surface area contributed by atoms with E-state index in [-0.39, 0.29) is 5.91 Å². The minimum Gasteiger partial charge on any atom is -0.310 e. The molecule has 0 aliphatic carbocycles. The van der Waals surface area contributed by atoms with E-state index in [2.05, 4.69) is 10.1 Å². The number of rotatable bonds is 3. The van der Waals surface area contributed by atoms with Crippen LogP contribution in [0.2, 0.25) is 0 Å². The van der Waals surface area contributed by atoms with Gasteiger partial charge in [0.2, 0.25) is 0 Å². The van der Waals surface area contributed by atoms with Gasteiger partial charge in [0, 0.05) is 30.6 Å². The highest BCUT2D eigenvalue weighted by atomic mass is 19.4. The Labute approximate surface area is 170 Å². The normalized spacial score (nSPS) is 11.6. The van der Waals surface area contributed by atoms with E-state index < -0.39 is 11.7 Å². The number of pyridine rings is 2. The van der Waals surface area contributed by atoms with Crippen LogP contribution in [-0.4, -0.2) is 27.6 Å². The molecule has 0 atom stereocenters. The molecule has 1 aromatic carbocycles. The van der Waals surface area contributed by atoms with E-state index in [0.29, 0.717) is 27.9 Å². The van der Waals surface area contributed by atoms with Crippen molar-refractivity contribution in [2.75, 3.05) is 11.9 Å². The minimum absolute atomic E-state index is 0.232. The second kappa shape index (κ2) is 7.29. The third-order valence-corrected chi connectivity index (χ3v) is 4.84. The van der Waals surface area contributed by atoms with Crippen molar-refractivity contribution in [3.8, 4) is 11.1 Å². The summed E-state index contributed by atoms with van der Waals surface area (Å²) >= 11 is 0. The van der Waals surface area contributed by atoms with Crippen molar-refractivity contribution in [3.05, 3.63) is 83.9 Å². The lowest BCUT2D eigenvalue weighted by atomic mass is 10.0. The summed E-state index contributed by atoms with van der Waals surface area (Å²) in [5.41, 5.74) is 3.15. The summed E-state index contributed by atoms with van der Waals surface area (Å²) < 4.78 is 40.1. The number of carbonyl (C=O) groups excluding carboxylic acids is 1. The Bertz CT molecular complexity index is 1230. The molecule has 30 heavy (non-hydrogen) atoms. The maximum atomic E-state index is 13.0. The second-order valence-electron chi connectivity index (χ2n) is 6.96. The molecule has 152 valence electrons. The molecule has 0 spiro atoms. The number of hydrogen-bond donors (Lipinski definition) is 0. The van der Waals surface area contributed by atoms with Crippen molar-refractivity contribution < 1.29 is 18.0 Å². The molecule has 1 amide bonds. The number of fused-ring (bicyclic) bond motifs is 1. The number of benzene rings is 1. The second-order valence-corrected chi connectivity index (χ2v) is 6.96. The molecule has 0 aliphatic rings. The minimum atomic E-state index is -4.39. The molecule has 4 rings (SSSR count). The standard InChI is InChI=1S/C22H17F3N4O/c1-14-9-18(12-26-11-14)28(2)21(30)16-7-8-29-20(10-16)19(13-27-29)15-3-5-17(6-4-15)22(23,24)25/h3-13H,1-2H3. The number of anilines is 1. The SMILES string of the molecule is Cc1cncc(N(C)C(=O)c2ccn3ncc(-c4ccc(C(F)(F)F)cc4)c3c2)c1. The van der Waals surface area contributed by atoms with Gasteiger partial charge in [-0.3, -0.25) is 9.78 Å². The quantitative estimate of drug-likeness (QED) is 0.478. The third-order valence-electron chi connectivity index (χ3n) is 4.84. The summed E-state index contributed by atoms with van der Waals surface area (Å²) in [6.07, 6.45) is 2.14. The van der Waals surface area contributed by atoms with Crippen molar-refractivity contribution in [3.63, 3.8) is 0 Å². The van der Waals surface area contributed by atoms with E-state index in [1.807, 2.05) is 13.0 Å². The number of nitrogens with zero attached hydrogens (tertiary/aromatic N) is 4. The molecule has 0 radical (unpaired) electrons. The van der Waals surface area contributed by atoms with Crippen LogP contribution in [0.1, 0.15) is 21.5 Å². The Balaban J connectivity index is 1.70. The van der Waals surface area contributed by atoms with Crippen LogP contribution < -0.4 is 4.90 Å². The Kier molecular flexibility index (Phi) is 4.77. The number of aromatic nitrogens is 3. The van der Waals surface area contributed by atoms with Gasteiger partial charge in [-0.05, 0) is 48.4 Å². The first kappa shape index (κ1) is 19.6. The van der Waals surface area contributed by atoms with Crippen molar-refractivity contribution in [2.24, 2.45) is 0 Å². The van der Waals surface area contributed by atoms with Gasteiger partial charge < -0.3 is 4.90 Å². The van der Waals surface area contributed by atoms with Crippen molar-refractivity contribution in [2.45, 2.75) is 13.1 Å². The number of amides is 1. The van der Waals surface area contributed by atoms with Gasteiger partial charge in [0.1, 0.15) is 0 Å². The zero-order valence-corrected chi connectivity index (χ0v) is 16.2. The number of halogens is 3. The molecule has 0 N–H and O–H groups in total. The number of hydrogen-bond acceptors (Lipinski definition) is 3. The molecule has 3 heterocycles. The van der Waals surface area contributed by atoms with Gasteiger partial charge in [0.05, 0.1) is 29.2 Å². The summed E-state index contributed by atoms with van der Waals surface area (Å²) in [5.74, 6) is -0.232. The Morgan fingerprint density at radius 1 is 1.03 bits per heavy atom. The highest BCUT2D eigenvalue weighted by Crippen LogP contribution is 2.32. The van der Waals surface area contributed by atoms with Crippen LogP contribution in [0.4, 0.5) is 18.9 Å². The fourth-order valence-corrected chi connectivity index (χ4v) is 3.21. The van der Waals surface area contributed by atoms with Crippen LogP contribution in [0.15, 0.2) is 67.3 Å². The van der Waals surface area contributed by atoms with E-state index in [1.165, 1.54) is 17.0 Å². The third kappa shape index (κ3) is 3.63. The largest absolute Gasteiger partial charge is 0.416 e. The highest BCUT2D eigenvalue weighted by molar-refractivity contribution is 6.06. The summed E-state index contributed by atoms with van der Waals surface area (Å²) in [5, 5.41) is 4.24. The lowest BCUT2D eigenvalue weighted by Crippen LogP contribution is -2.26. The van der Waals surface area contributed by atoms with Crippen molar-refractivity contribution >= 4 is 17.1 Å². The molecule has 0 unspecified atom stereocenters. The molecule has 8 heteroatoms. The van der Waals surface area contributed by atoms with Crippen molar-refractivity contribution in [1.82, 2.24) is 14.6 Å². The predicted molar refractivity (Wildman–Crippen MR) is 107 cm³/mol. The maximum absolute atomic E-state index is 13.0. The van der Waals surface area contributed by atoms with E-state index in [9.17, 15) is 18.0 Å². The van der Waals surface area contributed by atoms with Crippen LogP contribution in [0.5, 0.6) is 0 Å².